The van der Waals surface area contributed by atoms with Crippen LogP contribution in [0, 0.1) is 11.8 Å². The third kappa shape index (κ3) is 3.79. The Kier molecular flexibility index (Phi) is 4.31. The molecule has 0 unspecified atom stereocenters. The van der Waals surface area contributed by atoms with Crippen molar-refractivity contribution in [1.82, 2.24) is 9.55 Å². The summed E-state index contributed by atoms with van der Waals surface area (Å²) in [5.74, 6) is 6.44. The average Bonchev–Trinajstić information content (AvgIpc) is 3.16. The number of rotatable bonds is 3. The second-order valence-electron chi connectivity index (χ2n) is 6.10. The van der Waals surface area contributed by atoms with Gasteiger partial charge in [-0.1, -0.05) is 66.4 Å². The minimum atomic E-state index is 0.659. The second-order valence-corrected chi connectivity index (χ2v) is 6.10. The van der Waals surface area contributed by atoms with Gasteiger partial charge in [0.2, 0.25) is 0 Å². The molecule has 4 rings (SSSR count). The Hall–Kier alpha value is -3.31. The number of benzene rings is 3. The Labute approximate surface area is 147 Å². The number of hydrogen-bond acceptors (Lipinski definition) is 1. The highest BCUT2D eigenvalue weighted by Gasteiger charge is 2.00. The van der Waals surface area contributed by atoms with Crippen LogP contribution in [-0.4, -0.2) is 9.55 Å². The van der Waals surface area contributed by atoms with E-state index in [1.807, 2.05) is 10.8 Å². The lowest BCUT2D eigenvalue weighted by Crippen LogP contribution is -1.90. The van der Waals surface area contributed by atoms with Crippen molar-refractivity contribution >= 4 is 10.8 Å². The van der Waals surface area contributed by atoms with Gasteiger partial charge < -0.3 is 4.57 Å². The SMILES string of the molecule is C(#Cc1ccc2ccc(Cc3ccccc3)cc2c1)Cn1ccnc1. The van der Waals surface area contributed by atoms with Gasteiger partial charge in [-0.05, 0) is 40.5 Å². The summed E-state index contributed by atoms with van der Waals surface area (Å²) < 4.78 is 1.96. The van der Waals surface area contributed by atoms with Crippen molar-refractivity contribution in [2.24, 2.45) is 0 Å². The zero-order valence-electron chi connectivity index (χ0n) is 13.9. The van der Waals surface area contributed by atoms with E-state index in [4.69, 9.17) is 0 Å². The van der Waals surface area contributed by atoms with E-state index >= 15 is 0 Å². The van der Waals surface area contributed by atoms with Crippen LogP contribution in [0.2, 0.25) is 0 Å². The van der Waals surface area contributed by atoms with Gasteiger partial charge in [-0.25, -0.2) is 4.98 Å². The molecule has 0 aliphatic rings. The normalized spacial score (nSPS) is 10.4. The molecular weight excluding hydrogens is 304 g/mol. The molecule has 0 spiro atoms. The van der Waals surface area contributed by atoms with Crippen molar-refractivity contribution in [2.75, 3.05) is 0 Å². The molecule has 1 aromatic heterocycles. The molecule has 25 heavy (non-hydrogen) atoms. The molecular formula is C23H18N2. The van der Waals surface area contributed by atoms with Crippen LogP contribution in [0.3, 0.4) is 0 Å². The Morgan fingerprint density at radius 1 is 0.840 bits per heavy atom. The van der Waals surface area contributed by atoms with E-state index in [0.29, 0.717) is 6.54 Å². The van der Waals surface area contributed by atoms with Crippen molar-refractivity contribution in [3.8, 4) is 11.8 Å². The zero-order chi connectivity index (χ0) is 16.9. The average molecular weight is 322 g/mol. The first-order chi connectivity index (χ1) is 12.4. The van der Waals surface area contributed by atoms with Crippen molar-refractivity contribution in [1.29, 1.82) is 0 Å². The predicted molar refractivity (Wildman–Crippen MR) is 102 cm³/mol. The summed E-state index contributed by atoms with van der Waals surface area (Å²) in [4.78, 5) is 4.03. The lowest BCUT2D eigenvalue weighted by molar-refractivity contribution is 0.840. The Bertz CT molecular complexity index is 1040. The van der Waals surface area contributed by atoms with E-state index < -0.39 is 0 Å². The first-order valence-corrected chi connectivity index (χ1v) is 8.38. The molecule has 0 saturated heterocycles. The summed E-state index contributed by atoms with van der Waals surface area (Å²) in [7, 11) is 0. The number of hydrogen-bond donors (Lipinski definition) is 0. The van der Waals surface area contributed by atoms with E-state index in [-0.39, 0.29) is 0 Å². The number of aromatic nitrogens is 2. The molecule has 0 saturated carbocycles. The fraction of sp³-hybridized carbons (Fsp3) is 0.0870. The number of nitrogens with zero attached hydrogens (tertiary/aromatic N) is 2. The molecule has 0 radical (unpaired) electrons. The first-order valence-electron chi connectivity index (χ1n) is 8.38. The standard InChI is InChI=1S/C23H18N2/c1-2-5-19(6-3-1)15-21-9-11-22-10-8-20(16-23(22)17-21)7-4-13-25-14-12-24-18-25/h1-3,5-6,8-12,14,16-18H,13,15H2. The van der Waals surface area contributed by atoms with E-state index in [9.17, 15) is 0 Å². The smallest absolute Gasteiger partial charge is 0.0954 e. The van der Waals surface area contributed by atoms with Crippen LogP contribution in [0.4, 0.5) is 0 Å². The molecule has 0 atom stereocenters. The van der Waals surface area contributed by atoms with Crippen molar-refractivity contribution < 1.29 is 0 Å². The molecule has 0 amide bonds. The molecule has 120 valence electrons. The molecule has 0 aliphatic carbocycles. The van der Waals surface area contributed by atoms with Gasteiger partial charge in [-0.2, -0.15) is 0 Å². The van der Waals surface area contributed by atoms with Crippen molar-refractivity contribution in [2.45, 2.75) is 13.0 Å². The van der Waals surface area contributed by atoms with Crippen molar-refractivity contribution in [3.05, 3.63) is 102 Å². The van der Waals surface area contributed by atoms with Crippen LogP contribution in [0.5, 0.6) is 0 Å². The summed E-state index contributed by atoms with van der Waals surface area (Å²) in [6.45, 7) is 0.659. The Morgan fingerprint density at radius 3 is 2.56 bits per heavy atom. The largest absolute Gasteiger partial charge is 0.326 e. The van der Waals surface area contributed by atoms with Gasteiger partial charge in [0.05, 0.1) is 12.9 Å². The number of fused-ring (bicyclic) bond motifs is 1. The van der Waals surface area contributed by atoms with Gasteiger partial charge in [-0.3, -0.25) is 0 Å². The number of imidazole rings is 1. The summed E-state index contributed by atoms with van der Waals surface area (Å²) in [6, 6.07) is 23.6. The first kappa shape index (κ1) is 15.2. The third-order valence-corrected chi connectivity index (χ3v) is 4.21. The Balaban J connectivity index is 1.57. The van der Waals surface area contributed by atoms with Gasteiger partial charge in [0, 0.05) is 18.0 Å². The van der Waals surface area contributed by atoms with Gasteiger partial charge in [0.15, 0.2) is 0 Å². The fourth-order valence-electron chi connectivity index (χ4n) is 2.93. The van der Waals surface area contributed by atoms with Crippen LogP contribution in [-0.2, 0) is 13.0 Å². The van der Waals surface area contributed by atoms with Crippen LogP contribution in [0.15, 0.2) is 85.5 Å². The minimum absolute atomic E-state index is 0.659. The van der Waals surface area contributed by atoms with Crippen LogP contribution >= 0.6 is 0 Å². The molecule has 3 aromatic carbocycles. The summed E-state index contributed by atoms with van der Waals surface area (Å²) in [6.07, 6.45) is 6.43. The topological polar surface area (TPSA) is 17.8 Å². The Morgan fingerprint density at radius 2 is 1.72 bits per heavy atom. The van der Waals surface area contributed by atoms with Gasteiger partial charge in [-0.15, -0.1) is 0 Å². The second kappa shape index (κ2) is 7.07. The van der Waals surface area contributed by atoms with E-state index in [1.54, 1.807) is 12.5 Å². The molecule has 2 heteroatoms. The van der Waals surface area contributed by atoms with Crippen LogP contribution in [0.25, 0.3) is 10.8 Å². The van der Waals surface area contributed by atoms with E-state index in [0.717, 1.165) is 12.0 Å². The monoisotopic (exact) mass is 322 g/mol. The molecule has 0 N–H and O–H groups in total. The zero-order valence-corrected chi connectivity index (χ0v) is 13.9. The van der Waals surface area contributed by atoms with E-state index in [2.05, 4.69) is 83.6 Å². The van der Waals surface area contributed by atoms with Crippen LogP contribution in [0.1, 0.15) is 16.7 Å². The summed E-state index contributed by atoms with van der Waals surface area (Å²) in [5.41, 5.74) is 3.70. The highest BCUT2D eigenvalue weighted by molar-refractivity contribution is 5.84. The molecule has 0 aliphatic heterocycles. The molecule has 1 heterocycles. The quantitative estimate of drug-likeness (QED) is 0.501. The van der Waals surface area contributed by atoms with Crippen LogP contribution < -0.4 is 0 Å². The molecule has 4 aromatic rings. The fourth-order valence-corrected chi connectivity index (χ4v) is 2.93. The molecule has 0 bridgehead atoms. The maximum Gasteiger partial charge on any atom is 0.0954 e. The predicted octanol–water partition coefficient (Wildman–Crippen LogP) is 4.68. The third-order valence-electron chi connectivity index (χ3n) is 4.21. The van der Waals surface area contributed by atoms with Gasteiger partial charge >= 0.3 is 0 Å². The van der Waals surface area contributed by atoms with Crippen molar-refractivity contribution in [3.63, 3.8) is 0 Å². The minimum Gasteiger partial charge on any atom is -0.326 e. The lowest BCUT2D eigenvalue weighted by Gasteiger charge is -2.05. The molecule has 0 fully saturated rings. The maximum atomic E-state index is 4.03. The molecule has 2 nitrogen and oxygen atoms in total. The summed E-state index contributed by atoms with van der Waals surface area (Å²) >= 11 is 0. The maximum absolute atomic E-state index is 4.03. The highest BCUT2D eigenvalue weighted by Crippen LogP contribution is 2.19. The van der Waals surface area contributed by atoms with Gasteiger partial charge in [0.25, 0.3) is 0 Å². The van der Waals surface area contributed by atoms with E-state index in [1.165, 1.54) is 21.9 Å². The highest BCUT2D eigenvalue weighted by atomic mass is 15.0. The summed E-state index contributed by atoms with van der Waals surface area (Å²) in [5, 5.41) is 2.49. The van der Waals surface area contributed by atoms with Gasteiger partial charge in [0.1, 0.15) is 0 Å². The lowest BCUT2D eigenvalue weighted by atomic mass is 10.00.